The van der Waals surface area contributed by atoms with Crippen LogP contribution in [0.5, 0.6) is 0 Å². The summed E-state index contributed by atoms with van der Waals surface area (Å²) in [5.74, 6) is -2.75. The van der Waals surface area contributed by atoms with Gasteiger partial charge in [-0.05, 0) is 12.8 Å². The zero-order chi connectivity index (χ0) is 8.15. The Morgan fingerprint density at radius 2 is 1.82 bits per heavy atom. The fourth-order valence-electron chi connectivity index (χ4n) is 0.391. The number of carboxylic acid groups (broad SMARTS) is 2. The molecule has 0 aromatic heterocycles. The maximum absolute atomic E-state index is 9.86. The van der Waals surface area contributed by atoms with E-state index in [1.54, 1.807) is 0 Å². The number of aliphatic carboxylic acids is 2. The average molecular weight is 169 g/mol. The minimum Gasteiger partial charge on any atom is -0.550 e. The van der Waals surface area contributed by atoms with Crippen molar-refractivity contribution in [1.29, 1.82) is 0 Å². The maximum atomic E-state index is 9.86. The van der Waals surface area contributed by atoms with Crippen molar-refractivity contribution in [2.45, 2.75) is 18.9 Å². The van der Waals surface area contributed by atoms with Crippen LogP contribution in [-0.4, -0.2) is 41.0 Å². The van der Waals surface area contributed by atoms with Gasteiger partial charge in [-0.1, -0.05) is 0 Å². The quantitative estimate of drug-likeness (QED) is 0.435. The molecule has 0 aliphatic carbocycles. The molecule has 0 spiro atoms. The van der Waals surface area contributed by atoms with E-state index in [-0.39, 0.29) is 35.9 Å². The molecule has 5 nitrogen and oxygen atoms in total. The molecular formula is C5H7MgNO4. The first-order valence-corrected chi connectivity index (χ1v) is 2.70. The zero-order valence-electron chi connectivity index (χ0n) is 5.91. The summed E-state index contributed by atoms with van der Waals surface area (Å²) in [7, 11) is 0. The molecule has 0 radical (unpaired) electrons. The van der Waals surface area contributed by atoms with Gasteiger partial charge in [0.1, 0.15) is 0 Å². The first kappa shape index (κ1) is 13.3. The fraction of sp³-hybridized carbons (Fsp3) is 0.600. The van der Waals surface area contributed by atoms with E-state index in [0.717, 1.165) is 0 Å². The van der Waals surface area contributed by atoms with Crippen molar-refractivity contribution in [3.8, 4) is 0 Å². The Hall–Kier alpha value is -0.334. The SMILES string of the molecule is N[C@H](CCC(=O)[O-])C(=O)[O-].[Mg+2]. The second-order valence-corrected chi connectivity index (χ2v) is 1.84. The average Bonchev–Trinajstić information content (AvgIpc) is 1.82. The van der Waals surface area contributed by atoms with E-state index in [9.17, 15) is 19.8 Å². The molecule has 58 valence electrons. The summed E-state index contributed by atoms with van der Waals surface area (Å²) in [6.07, 6.45) is -0.500. The molecule has 2 N–H and O–H groups in total. The van der Waals surface area contributed by atoms with Gasteiger partial charge in [0.2, 0.25) is 0 Å². The normalized spacial score (nSPS) is 11.4. The van der Waals surface area contributed by atoms with E-state index < -0.39 is 18.0 Å². The van der Waals surface area contributed by atoms with Crippen molar-refractivity contribution >= 4 is 35.0 Å². The van der Waals surface area contributed by atoms with Crippen LogP contribution in [0.3, 0.4) is 0 Å². The molecule has 0 heterocycles. The molecule has 0 amide bonds. The largest absolute Gasteiger partial charge is 2.00 e. The molecule has 0 fully saturated rings. The number of hydrogen-bond donors (Lipinski definition) is 1. The molecule has 0 saturated heterocycles. The molecule has 6 heteroatoms. The smallest absolute Gasteiger partial charge is 0.550 e. The topological polar surface area (TPSA) is 106 Å². The summed E-state index contributed by atoms with van der Waals surface area (Å²) >= 11 is 0. The second-order valence-electron chi connectivity index (χ2n) is 1.84. The standard InChI is InChI=1S/C5H9NO4.Mg/c6-3(5(9)10)1-2-4(7)8;/h3H,1-2,6H2,(H,7,8)(H,9,10);/q;+2/p-2/t3-;/m1./s1. The molecule has 0 aromatic rings. The third-order valence-electron chi connectivity index (χ3n) is 0.962. The Kier molecular flexibility index (Phi) is 7.70. The molecule has 0 unspecified atom stereocenters. The van der Waals surface area contributed by atoms with E-state index in [2.05, 4.69) is 0 Å². The minimum atomic E-state index is -1.44. The first-order valence-electron chi connectivity index (χ1n) is 2.70. The number of rotatable bonds is 4. The van der Waals surface area contributed by atoms with Crippen LogP contribution in [0.15, 0.2) is 0 Å². The summed E-state index contributed by atoms with van der Waals surface area (Å²) in [5.41, 5.74) is 4.91. The van der Waals surface area contributed by atoms with Crippen LogP contribution >= 0.6 is 0 Å². The molecule has 0 saturated carbocycles. The van der Waals surface area contributed by atoms with Crippen LogP contribution in [0.1, 0.15) is 12.8 Å². The Balaban J connectivity index is 0. The Morgan fingerprint density at radius 3 is 2.09 bits per heavy atom. The number of carbonyl (C=O) groups excluding carboxylic acids is 2. The Labute approximate surface area is 79.7 Å². The van der Waals surface area contributed by atoms with Crippen molar-refractivity contribution in [3.05, 3.63) is 0 Å². The van der Waals surface area contributed by atoms with Crippen LogP contribution in [0, 0.1) is 0 Å². The predicted molar refractivity (Wildman–Crippen MR) is 33.0 cm³/mol. The maximum Gasteiger partial charge on any atom is 2.00 e. The van der Waals surface area contributed by atoms with Gasteiger partial charge in [0, 0.05) is 12.0 Å². The van der Waals surface area contributed by atoms with Gasteiger partial charge >= 0.3 is 23.1 Å². The summed E-state index contributed by atoms with van der Waals surface area (Å²) in [5, 5.41) is 19.6. The fourth-order valence-corrected chi connectivity index (χ4v) is 0.391. The number of nitrogens with two attached hydrogens (primary N) is 1. The van der Waals surface area contributed by atoms with Gasteiger partial charge in [-0.15, -0.1) is 0 Å². The predicted octanol–water partition coefficient (Wildman–Crippen LogP) is -3.79. The monoisotopic (exact) mass is 169 g/mol. The molecule has 0 aliphatic heterocycles. The summed E-state index contributed by atoms with van der Waals surface area (Å²) in [6.45, 7) is 0. The van der Waals surface area contributed by atoms with Gasteiger partial charge < -0.3 is 25.5 Å². The van der Waals surface area contributed by atoms with Gasteiger partial charge in [0.25, 0.3) is 0 Å². The van der Waals surface area contributed by atoms with Gasteiger partial charge in [-0.25, -0.2) is 0 Å². The van der Waals surface area contributed by atoms with E-state index in [4.69, 9.17) is 5.73 Å². The number of hydrogen-bond acceptors (Lipinski definition) is 5. The van der Waals surface area contributed by atoms with E-state index in [1.165, 1.54) is 0 Å². The van der Waals surface area contributed by atoms with Gasteiger partial charge in [-0.3, -0.25) is 0 Å². The molecule has 0 aliphatic rings. The van der Waals surface area contributed by atoms with Crippen LogP contribution in [-0.2, 0) is 9.59 Å². The summed E-state index contributed by atoms with van der Waals surface area (Å²) in [6, 6.07) is -1.21. The molecule has 0 rings (SSSR count). The zero-order valence-corrected chi connectivity index (χ0v) is 7.32. The van der Waals surface area contributed by atoms with Crippen molar-refractivity contribution in [2.75, 3.05) is 0 Å². The van der Waals surface area contributed by atoms with Crippen molar-refractivity contribution < 1.29 is 19.8 Å². The molecule has 0 bridgehead atoms. The molecule has 1 atom stereocenters. The van der Waals surface area contributed by atoms with Crippen molar-refractivity contribution in [2.24, 2.45) is 5.73 Å². The third kappa shape index (κ3) is 7.56. The minimum absolute atomic E-state index is 0. The number of carboxylic acids is 2. The van der Waals surface area contributed by atoms with Crippen molar-refractivity contribution in [1.82, 2.24) is 0 Å². The van der Waals surface area contributed by atoms with Crippen LogP contribution in [0.2, 0.25) is 0 Å². The van der Waals surface area contributed by atoms with Crippen LogP contribution in [0.4, 0.5) is 0 Å². The second kappa shape index (κ2) is 6.38. The van der Waals surface area contributed by atoms with E-state index >= 15 is 0 Å². The third-order valence-corrected chi connectivity index (χ3v) is 0.962. The number of carbonyl (C=O) groups is 2. The summed E-state index contributed by atoms with van der Waals surface area (Å²) < 4.78 is 0. The van der Waals surface area contributed by atoms with Crippen molar-refractivity contribution in [3.63, 3.8) is 0 Å². The molecular weight excluding hydrogens is 162 g/mol. The van der Waals surface area contributed by atoms with E-state index in [1.807, 2.05) is 0 Å². The van der Waals surface area contributed by atoms with Gasteiger partial charge in [0.05, 0.1) is 5.97 Å². The summed E-state index contributed by atoms with van der Waals surface area (Å²) in [4.78, 5) is 19.6. The van der Waals surface area contributed by atoms with Crippen LogP contribution in [0.25, 0.3) is 0 Å². The molecule has 0 aromatic carbocycles. The molecule has 11 heavy (non-hydrogen) atoms. The van der Waals surface area contributed by atoms with Gasteiger partial charge in [0.15, 0.2) is 0 Å². The van der Waals surface area contributed by atoms with Gasteiger partial charge in [-0.2, -0.15) is 0 Å². The Morgan fingerprint density at radius 1 is 1.36 bits per heavy atom. The van der Waals surface area contributed by atoms with E-state index in [0.29, 0.717) is 0 Å². The first-order chi connectivity index (χ1) is 4.54. The van der Waals surface area contributed by atoms with Crippen LogP contribution < -0.4 is 15.9 Å². The Bertz CT molecular complexity index is 149.